The molecule has 4 fully saturated rings. The van der Waals surface area contributed by atoms with Gasteiger partial charge in [-0.3, -0.25) is 0 Å². The molecule has 0 aromatic heterocycles. The van der Waals surface area contributed by atoms with Crippen LogP contribution in [0.5, 0.6) is 0 Å². The van der Waals surface area contributed by atoms with Crippen LogP contribution in [-0.4, -0.2) is 73.5 Å². The van der Waals surface area contributed by atoms with Gasteiger partial charge in [-0.25, -0.2) is 0 Å². The first-order valence-electron chi connectivity index (χ1n) is 10.7. The van der Waals surface area contributed by atoms with Gasteiger partial charge in [0.2, 0.25) is 0 Å². The Morgan fingerprint density at radius 2 is 1.50 bits per heavy atom. The van der Waals surface area contributed by atoms with E-state index in [0.717, 1.165) is 42.8 Å². The zero-order chi connectivity index (χ0) is 18.9. The molecule has 0 radical (unpaired) electrons. The van der Waals surface area contributed by atoms with Crippen molar-refractivity contribution >= 4 is 0 Å². The van der Waals surface area contributed by atoms with E-state index in [1.54, 1.807) is 0 Å². The minimum atomic E-state index is -0.0420. The monoisotopic (exact) mass is 364 g/mol. The minimum absolute atomic E-state index is 0.00315. The van der Waals surface area contributed by atoms with Crippen LogP contribution < -0.4 is 0 Å². The van der Waals surface area contributed by atoms with Gasteiger partial charge in [0.25, 0.3) is 0 Å². The molecule has 0 N–H and O–H groups in total. The second kappa shape index (κ2) is 6.43. The lowest BCUT2D eigenvalue weighted by atomic mass is 9.97. The van der Waals surface area contributed by atoms with Crippen molar-refractivity contribution in [3.05, 3.63) is 0 Å². The van der Waals surface area contributed by atoms with Crippen LogP contribution in [0.25, 0.3) is 0 Å². The normalized spacial score (nSPS) is 42.8. The summed E-state index contributed by atoms with van der Waals surface area (Å²) in [5.41, 5.74) is -0.0451. The molecule has 4 nitrogen and oxygen atoms in total. The highest BCUT2D eigenvalue weighted by Gasteiger charge is 2.61. The Balaban J connectivity index is 1.26. The average Bonchev–Trinajstić information content (AvgIpc) is 3.31. The van der Waals surface area contributed by atoms with E-state index in [1.807, 2.05) is 0 Å². The molecule has 0 amide bonds. The highest BCUT2D eigenvalue weighted by atomic mass is 16.5. The Hall–Kier alpha value is -0.160. The van der Waals surface area contributed by atoms with Crippen molar-refractivity contribution in [1.82, 2.24) is 9.80 Å². The van der Waals surface area contributed by atoms with Gasteiger partial charge >= 0.3 is 0 Å². The molecular weight excluding hydrogens is 324 g/mol. The predicted molar refractivity (Wildman–Crippen MR) is 105 cm³/mol. The van der Waals surface area contributed by atoms with Gasteiger partial charge in [-0.2, -0.15) is 0 Å². The average molecular weight is 365 g/mol. The van der Waals surface area contributed by atoms with Crippen molar-refractivity contribution in [3.8, 4) is 0 Å². The molecule has 0 aromatic rings. The van der Waals surface area contributed by atoms with Gasteiger partial charge in [-0.1, -0.05) is 0 Å². The number of ether oxygens (including phenoxy) is 2. The van der Waals surface area contributed by atoms with Gasteiger partial charge in [0.1, 0.15) is 0 Å². The Labute approximate surface area is 160 Å². The molecule has 150 valence electrons. The Kier molecular flexibility index (Phi) is 4.74. The van der Waals surface area contributed by atoms with E-state index in [9.17, 15) is 0 Å². The van der Waals surface area contributed by atoms with Crippen molar-refractivity contribution in [2.75, 3.05) is 40.4 Å². The largest absolute Gasteiger partial charge is 0.374 e. The molecule has 7 atom stereocenters. The second-order valence-electron chi connectivity index (χ2n) is 11.3. The minimum Gasteiger partial charge on any atom is -0.374 e. The van der Waals surface area contributed by atoms with Crippen molar-refractivity contribution < 1.29 is 9.47 Å². The maximum atomic E-state index is 6.49. The summed E-state index contributed by atoms with van der Waals surface area (Å²) >= 11 is 0. The molecule has 2 aliphatic heterocycles. The summed E-state index contributed by atoms with van der Waals surface area (Å²) in [4.78, 5) is 5.04. The Morgan fingerprint density at radius 3 is 2.12 bits per heavy atom. The lowest BCUT2D eigenvalue weighted by Gasteiger charge is -2.33. The number of nitrogens with zero attached hydrogens (tertiary/aromatic N) is 2. The maximum Gasteiger partial charge on any atom is 0.0631 e. The molecule has 4 unspecified atom stereocenters. The van der Waals surface area contributed by atoms with Gasteiger partial charge in [0.15, 0.2) is 0 Å². The summed E-state index contributed by atoms with van der Waals surface area (Å²) in [6.45, 7) is 15.4. The third-order valence-corrected chi connectivity index (χ3v) is 7.53. The van der Waals surface area contributed by atoms with Crippen LogP contribution in [-0.2, 0) is 9.47 Å². The van der Waals surface area contributed by atoms with E-state index in [-0.39, 0.29) is 11.2 Å². The molecule has 4 heteroatoms. The smallest absolute Gasteiger partial charge is 0.0631 e. The van der Waals surface area contributed by atoms with E-state index < -0.39 is 0 Å². The molecule has 4 aliphatic rings. The highest BCUT2D eigenvalue weighted by molar-refractivity contribution is 5.11. The number of likely N-dealkylation sites (tertiary alicyclic amines) is 2. The molecule has 2 saturated carbocycles. The van der Waals surface area contributed by atoms with E-state index in [4.69, 9.17) is 9.47 Å². The van der Waals surface area contributed by atoms with Gasteiger partial charge in [0.05, 0.1) is 24.4 Å². The van der Waals surface area contributed by atoms with Crippen LogP contribution in [0.1, 0.15) is 47.5 Å². The highest BCUT2D eigenvalue weighted by Crippen LogP contribution is 2.58. The summed E-state index contributed by atoms with van der Waals surface area (Å²) in [6, 6.07) is 1.25. The number of rotatable bonds is 7. The van der Waals surface area contributed by atoms with E-state index >= 15 is 0 Å². The third-order valence-electron chi connectivity index (χ3n) is 7.53. The van der Waals surface area contributed by atoms with Crippen LogP contribution in [0.3, 0.4) is 0 Å². The van der Waals surface area contributed by atoms with Crippen LogP contribution in [0.15, 0.2) is 0 Å². The maximum absolute atomic E-state index is 6.49. The summed E-state index contributed by atoms with van der Waals surface area (Å²) < 4.78 is 12.6. The molecule has 0 bridgehead atoms. The second-order valence-corrected chi connectivity index (χ2v) is 11.3. The lowest BCUT2D eigenvalue weighted by Crippen LogP contribution is -2.40. The van der Waals surface area contributed by atoms with Gasteiger partial charge in [-0.15, -0.1) is 0 Å². The van der Waals surface area contributed by atoms with Crippen LogP contribution in [0, 0.1) is 29.6 Å². The summed E-state index contributed by atoms with van der Waals surface area (Å²) in [5.74, 6) is 4.39. The van der Waals surface area contributed by atoms with Gasteiger partial charge < -0.3 is 19.3 Å². The zero-order valence-electron chi connectivity index (χ0n) is 18.0. The fourth-order valence-electron chi connectivity index (χ4n) is 5.90. The Morgan fingerprint density at radius 1 is 0.846 bits per heavy atom. The summed E-state index contributed by atoms with van der Waals surface area (Å²) in [7, 11) is 4.54. The first-order valence-corrected chi connectivity index (χ1v) is 10.7. The molecule has 26 heavy (non-hydrogen) atoms. The zero-order valence-corrected chi connectivity index (χ0v) is 18.0. The van der Waals surface area contributed by atoms with Crippen molar-refractivity contribution in [2.24, 2.45) is 29.6 Å². The van der Waals surface area contributed by atoms with Crippen LogP contribution >= 0.6 is 0 Å². The SMILES string of the molecule is CN1CC2C(CC(C)(C)OC[C@@H]3[C@@H]4C[C@@H]4CN3C)C2C1COC(C)(C)C. The molecule has 2 saturated heterocycles. The van der Waals surface area contributed by atoms with Crippen LogP contribution in [0.2, 0.25) is 0 Å². The lowest BCUT2D eigenvalue weighted by molar-refractivity contribution is -0.0564. The molecule has 2 heterocycles. The quantitative estimate of drug-likeness (QED) is 0.693. The van der Waals surface area contributed by atoms with E-state index in [2.05, 4.69) is 58.5 Å². The van der Waals surface area contributed by atoms with Crippen molar-refractivity contribution in [3.63, 3.8) is 0 Å². The van der Waals surface area contributed by atoms with Crippen molar-refractivity contribution in [2.45, 2.75) is 70.7 Å². The Bertz CT molecular complexity index is 527. The topological polar surface area (TPSA) is 24.9 Å². The first-order chi connectivity index (χ1) is 12.1. The number of likely N-dealkylation sites (N-methyl/N-ethyl adjacent to an activating group) is 2. The van der Waals surface area contributed by atoms with Gasteiger partial charge in [0, 0.05) is 25.2 Å². The molecule has 0 spiro atoms. The molecular formula is C22H40N2O2. The van der Waals surface area contributed by atoms with Gasteiger partial charge in [-0.05, 0) is 91.1 Å². The number of hydrogen-bond acceptors (Lipinski definition) is 4. The third kappa shape index (κ3) is 3.85. The van der Waals surface area contributed by atoms with E-state index in [1.165, 1.54) is 25.9 Å². The fourth-order valence-corrected chi connectivity index (χ4v) is 5.90. The molecule has 0 aromatic carbocycles. The molecule has 4 rings (SSSR count). The summed E-state index contributed by atoms with van der Waals surface area (Å²) in [5, 5.41) is 0. The van der Waals surface area contributed by atoms with Crippen molar-refractivity contribution in [1.29, 1.82) is 0 Å². The van der Waals surface area contributed by atoms with Crippen LogP contribution in [0.4, 0.5) is 0 Å². The number of hydrogen-bond donors (Lipinski definition) is 0. The molecule has 2 aliphatic carbocycles. The first kappa shape index (κ1) is 19.2. The fraction of sp³-hybridized carbons (Fsp3) is 1.00. The van der Waals surface area contributed by atoms with E-state index in [0.29, 0.717) is 12.1 Å². The summed E-state index contributed by atoms with van der Waals surface area (Å²) in [6.07, 6.45) is 2.64. The predicted octanol–water partition coefficient (Wildman–Crippen LogP) is 3.11. The number of fused-ring (bicyclic) bond motifs is 2. The standard InChI is InChI=1S/C22H40N2O2/c1-21(2,3)25-13-19-20-16(17(20)11-24(19)7)9-22(4,5)26-12-18-15-8-14(15)10-23(18)6/h14-20H,8-13H2,1-7H3/t14-,15-,16?,17?,18-,19?,20?/m1/s1. The number of piperidine rings is 2.